The first-order chi connectivity index (χ1) is 30.7. The molecule has 4 aliphatic carbocycles. The number of piperidine rings is 1. The molecule has 18 nitrogen and oxygen atoms in total. The molecule has 3 aliphatic heterocycles. The number of likely N-dealkylation sites (N-methyl/N-ethyl adjacent to an activating group) is 2. The Kier molecular flexibility index (Phi) is 10.9. The third-order valence-corrected chi connectivity index (χ3v) is 16.2. The smallest absolute Gasteiger partial charge is 0.246 e. The van der Waals surface area contributed by atoms with Gasteiger partial charge in [-0.3, -0.25) is 9.59 Å². The molecule has 4 heterocycles. The molecule has 2 unspecified atom stereocenters. The Morgan fingerprint density at radius 1 is 0.859 bits per heavy atom. The molecule has 18 heteroatoms. The van der Waals surface area contributed by atoms with Gasteiger partial charge >= 0.3 is 0 Å². The maximum absolute atomic E-state index is 13.2. The predicted molar refractivity (Wildman–Crippen MR) is 228 cm³/mol. The summed E-state index contributed by atoms with van der Waals surface area (Å²) in [6.07, 6.45) is 4.67. The lowest BCUT2D eigenvalue weighted by Gasteiger charge is -2.63. The number of phenolic OH excluding ortho intramolecular Hbond substituents is 2. The average molecular weight is 888 g/mol. The molecular formula is C46H61N7O11. The molecule has 0 radical (unpaired) electrons. The topological polar surface area (TPSA) is 222 Å². The normalized spacial score (nSPS) is 33.9. The molecule has 1 spiro atoms. The van der Waals surface area contributed by atoms with E-state index in [9.17, 15) is 30.0 Å². The van der Waals surface area contributed by atoms with E-state index < -0.39 is 40.3 Å². The van der Waals surface area contributed by atoms with E-state index in [2.05, 4.69) is 44.7 Å². The van der Waals surface area contributed by atoms with Crippen molar-refractivity contribution in [3.05, 3.63) is 58.4 Å². The van der Waals surface area contributed by atoms with Crippen LogP contribution < -0.4 is 20.1 Å². The zero-order valence-corrected chi connectivity index (χ0v) is 37.0. The molecule has 3 fully saturated rings. The fraction of sp³-hybridized carbons (Fsp3) is 0.652. The molecule has 1 saturated heterocycles. The minimum Gasteiger partial charge on any atom is -0.504 e. The summed E-state index contributed by atoms with van der Waals surface area (Å²) in [5.74, 6) is 0.336. The molecule has 2 amide bonds. The first-order valence-electron chi connectivity index (χ1n) is 22.8. The number of hydrogen-bond donors (Lipinski definition) is 6. The quantitative estimate of drug-likeness (QED) is 0.110. The largest absolute Gasteiger partial charge is 0.504 e. The summed E-state index contributed by atoms with van der Waals surface area (Å²) >= 11 is 0. The van der Waals surface area contributed by atoms with Gasteiger partial charge < -0.3 is 64.5 Å². The van der Waals surface area contributed by atoms with Crippen molar-refractivity contribution < 1.29 is 53.7 Å². The number of benzene rings is 2. The van der Waals surface area contributed by atoms with Crippen molar-refractivity contribution in [3.8, 4) is 23.0 Å². The molecule has 6 N–H and O–H groups in total. The van der Waals surface area contributed by atoms with Gasteiger partial charge in [-0.25, -0.2) is 4.68 Å². The van der Waals surface area contributed by atoms with Gasteiger partial charge in [-0.2, -0.15) is 0 Å². The lowest BCUT2D eigenvalue weighted by molar-refractivity contribution is -0.187. The van der Waals surface area contributed by atoms with Crippen LogP contribution in [-0.2, 0) is 60.6 Å². The molecule has 10 rings (SSSR count). The van der Waals surface area contributed by atoms with E-state index >= 15 is 0 Å². The number of aromatic hydroxyl groups is 2. The number of carbonyl (C=O) groups excluding carboxylic acids is 2. The molecule has 2 saturated carbocycles. The number of hydrogen-bond acceptors (Lipinski definition) is 15. The van der Waals surface area contributed by atoms with Crippen LogP contribution in [0.15, 0.2) is 30.5 Å². The van der Waals surface area contributed by atoms with E-state index in [1.54, 1.807) is 23.0 Å². The number of likely N-dealkylation sites (tertiary alicyclic amines) is 1. The number of nitrogens with one attached hydrogen (secondary N) is 2. The number of rotatable bonds is 16. The molecule has 64 heavy (non-hydrogen) atoms. The zero-order valence-electron chi connectivity index (χ0n) is 37.0. The minimum atomic E-state index is -1.12. The standard InChI is InChI=1S/C46H61N7O11/c1-5-51(3)33-20-26-6-8-31(54)39-37(26)43(2)41(63-39)29(10-12-45(33,43)58)47-36(57)25-62-23-28-22-53(50-49-28)16-17-60-18-19-61-24-35(56)48-30-11-13-46(59)34-21-27-7-9-32(55)40-38(27)44(46,42(30)64-40)14-15-52(34)4/h6-9,22,29-30,33-34,41-42,54-55,58-59H,5,10-21,23-25H2,1-4H3,(H,47,57)(H,48,56)/t29-,30+,33?,34?,41-,42-,43-,44-,45+,46+/m0/s1. The van der Waals surface area contributed by atoms with E-state index in [0.29, 0.717) is 75.3 Å². The van der Waals surface area contributed by atoms with Crippen LogP contribution in [-0.4, -0.2) is 165 Å². The summed E-state index contributed by atoms with van der Waals surface area (Å²) in [4.78, 5) is 30.8. The Hall–Kier alpha value is -4.56. The highest BCUT2D eigenvalue weighted by atomic mass is 16.5. The van der Waals surface area contributed by atoms with Crippen LogP contribution in [0.1, 0.15) is 73.9 Å². The summed E-state index contributed by atoms with van der Waals surface area (Å²) in [6.45, 7) is 6.56. The molecule has 1 aromatic heterocycles. The van der Waals surface area contributed by atoms with Crippen molar-refractivity contribution in [2.75, 3.05) is 60.2 Å². The maximum atomic E-state index is 13.2. The Morgan fingerprint density at radius 2 is 1.50 bits per heavy atom. The van der Waals surface area contributed by atoms with Gasteiger partial charge in [0.1, 0.15) is 31.1 Å². The zero-order chi connectivity index (χ0) is 44.8. The fourth-order valence-electron chi connectivity index (χ4n) is 13.1. The second-order valence-corrected chi connectivity index (χ2v) is 19.3. The maximum Gasteiger partial charge on any atom is 0.246 e. The van der Waals surface area contributed by atoms with Gasteiger partial charge in [0.05, 0.1) is 73.3 Å². The van der Waals surface area contributed by atoms with Crippen molar-refractivity contribution in [1.82, 2.24) is 35.4 Å². The van der Waals surface area contributed by atoms with Crippen molar-refractivity contribution >= 4 is 11.8 Å². The number of amides is 2. The summed E-state index contributed by atoms with van der Waals surface area (Å²) in [7, 11) is 4.08. The van der Waals surface area contributed by atoms with Crippen molar-refractivity contribution in [2.24, 2.45) is 0 Å². The number of carbonyl (C=O) groups is 2. The molecule has 3 aromatic rings. The van der Waals surface area contributed by atoms with Crippen LogP contribution in [0, 0.1) is 0 Å². The van der Waals surface area contributed by atoms with Crippen LogP contribution in [0.5, 0.6) is 23.0 Å². The number of ether oxygens (including phenoxy) is 5. The number of phenols is 2. The van der Waals surface area contributed by atoms with Crippen LogP contribution in [0.3, 0.4) is 0 Å². The molecule has 7 aliphatic rings. The van der Waals surface area contributed by atoms with Crippen LogP contribution in [0.2, 0.25) is 0 Å². The molecular weight excluding hydrogens is 827 g/mol. The van der Waals surface area contributed by atoms with Crippen molar-refractivity contribution in [3.63, 3.8) is 0 Å². The van der Waals surface area contributed by atoms with Gasteiger partial charge in [0, 0.05) is 23.2 Å². The second-order valence-electron chi connectivity index (χ2n) is 19.3. The van der Waals surface area contributed by atoms with E-state index in [1.165, 1.54) is 0 Å². The van der Waals surface area contributed by atoms with Crippen LogP contribution in [0.25, 0.3) is 0 Å². The van der Waals surface area contributed by atoms with Crippen molar-refractivity contribution in [1.29, 1.82) is 0 Å². The minimum absolute atomic E-state index is 0.0340. The van der Waals surface area contributed by atoms with Gasteiger partial charge in [0.2, 0.25) is 11.8 Å². The van der Waals surface area contributed by atoms with Crippen LogP contribution in [0.4, 0.5) is 0 Å². The SMILES string of the molecule is CCN(C)C1Cc2ccc(O)c3c2[C@@]2(C)[C@@H](O3)[C@@H](NC(=O)COCc3cn(CCOCCOCC(=O)N[C@@H]4CC[C@@]5(O)C6Cc7ccc(O)c8c7[C@@]5(CCN6C)[C@H]4O8)nn3)CC[C@@]12O. The Balaban J connectivity index is 0.644. The highest BCUT2D eigenvalue weighted by molar-refractivity contribution is 5.78. The summed E-state index contributed by atoms with van der Waals surface area (Å²) < 4.78 is 31.6. The van der Waals surface area contributed by atoms with Gasteiger partial charge in [0.25, 0.3) is 0 Å². The van der Waals surface area contributed by atoms with Crippen LogP contribution >= 0.6 is 0 Å². The lowest BCUT2D eigenvalue weighted by Crippen LogP contribution is -2.77. The Bertz CT molecular complexity index is 2310. The summed E-state index contributed by atoms with van der Waals surface area (Å²) in [6, 6.07) is 6.21. The fourth-order valence-corrected chi connectivity index (χ4v) is 13.1. The molecule has 2 aromatic carbocycles. The monoisotopic (exact) mass is 887 g/mol. The Labute approximate surface area is 372 Å². The highest BCUT2D eigenvalue weighted by Crippen LogP contribution is 2.66. The number of nitrogens with zero attached hydrogens (tertiary/aromatic N) is 5. The molecule has 346 valence electrons. The third kappa shape index (κ3) is 6.45. The molecule has 2 bridgehead atoms. The summed E-state index contributed by atoms with van der Waals surface area (Å²) in [5.41, 5.74) is 0.731. The molecule has 10 atom stereocenters. The summed E-state index contributed by atoms with van der Waals surface area (Å²) in [5, 5.41) is 60.8. The van der Waals surface area contributed by atoms with E-state index in [1.807, 2.05) is 26.1 Å². The number of aromatic nitrogens is 3. The van der Waals surface area contributed by atoms with E-state index in [4.69, 9.17) is 23.7 Å². The van der Waals surface area contributed by atoms with E-state index in [-0.39, 0.29) is 74.5 Å². The first kappa shape index (κ1) is 43.3. The average Bonchev–Trinajstić information content (AvgIpc) is 3.98. The van der Waals surface area contributed by atoms with Gasteiger partial charge in [-0.1, -0.05) is 24.3 Å². The first-order valence-corrected chi connectivity index (χ1v) is 22.8. The van der Waals surface area contributed by atoms with Gasteiger partial charge in [-0.15, -0.1) is 5.10 Å². The second kappa shape index (κ2) is 16.1. The van der Waals surface area contributed by atoms with Crippen molar-refractivity contribution in [2.45, 2.75) is 130 Å². The lowest BCUT2D eigenvalue weighted by atomic mass is 9.48. The predicted octanol–water partition coefficient (Wildman–Crippen LogP) is 0.813. The third-order valence-electron chi connectivity index (χ3n) is 16.2. The van der Waals surface area contributed by atoms with Gasteiger partial charge in [-0.05, 0) is 102 Å². The highest BCUT2D eigenvalue weighted by Gasteiger charge is 2.73. The van der Waals surface area contributed by atoms with Gasteiger partial charge in [0.15, 0.2) is 23.0 Å². The Morgan fingerprint density at radius 3 is 2.23 bits per heavy atom. The number of aliphatic hydroxyl groups is 2. The van der Waals surface area contributed by atoms with E-state index in [0.717, 1.165) is 35.3 Å².